The molecule has 0 aromatic heterocycles. The van der Waals surface area contributed by atoms with Gasteiger partial charge in [-0.15, -0.1) is 6.58 Å². The van der Waals surface area contributed by atoms with E-state index < -0.39 is 12.1 Å². The van der Waals surface area contributed by atoms with Crippen molar-refractivity contribution in [1.29, 1.82) is 0 Å². The summed E-state index contributed by atoms with van der Waals surface area (Å²) in [6.45, 7) is 7.12. The topological polar surface area (TPSA) is 52.6 Å². The van der Waals surface area contributed by atoms with E-state index in [1.807, 2.05) is 0 Å². The van der Waals surface area contributed by atoms with Crippen molar-refractivity contribution in [3.8, 4) is 5.75 Å². The molecule has 0 amide bonds. The highest BCUT2D eigenvalue weighted by atomic mass is 16.6. The second-order valence-electron chi connectivity index (χ2n) is 4.09. The zero-order valence-corrected chi connectivity index (χ0v) is 11.2. The Morgan fingerprint density at radius 1 is 1.32 bits per heavy atom. The highest BCUT2D eigenvalue weighted by molar-refractivity contribution is 5.94. The van der Waals surface area contributed by atoms with E-state index in [0.29, 0.717) is 24.3 Å². The summed E-state index contributed by atoms with van der Waals surface area (Å²) in [5.74, 6) is -0.0900. The van der Waals surface area contributed by atoms with Crippen LogP contribution in [0.5, 0.6) is 5.75 Å². The molecule has 0 saturated carbocycles. The molecule has 0 aliphatic heterocycles. The fourth-order valence-electron chi connectivity index (χ4n) is 1.35. The highest BCUT2D eigenvalue weighted by Crippen LogP contribution is 2.13. The first-order valence-electron chi connectivity index (χ1n) is 6.09. The van der Waals surface area contributed by atoms with Gasteiger partial charge in [0.15, 0.2) is 11.9 Å². The van der Waals surface area contributed by atoms with Crippen LogP contribution in [0.2, 0.25) is 0 Å². The summed E-state index contributed by atoms with van der Waals surface area (Å²) in [6, 6.07) is 6.42. The predicted molar refractivity (Wildman–Crippen MR) is 72.3 cm³/mol. The average molecular weight is 262 g/mol. The summed E-state index contributed by atoms with van der Waals surface area (Å²) in [5, 5.41) is 0. The van der Waals surface area contributed by atoms with Crippen LogP contribution in [-0.4, -0.2) is 24.5 Å². The van der Waals surface area contributed by atoms with E-state index >= 15 is 0 Å². The Bertz CT molecular complexity index is 448. The van der Waals surface area contributed by atoms with Crippen molar-refractivity contribution in [3.05, 3.63) is 42.5 Å². The number of carbonyl (C=O) groups is 2. The van der Waals surface area contributed by atoms with Crippen LogP contribution in [0.15, 0.2) is 36.9 Å². The van der Waals surface area contributed by atoms with Gasteiger partial charge < -0.3 is 9.47 Å². The molecule has 1 aromatic carbocycles. The largest absolute Gasteiger partial charge is 0.425 e. The second kappa shape index (κ2) is 7.48. The number of ketones is 1. The summed E-state index contributed by atoms with van der Waals surface area (Å²) in [6.07, 6.45) is 1.77. The Morgan fingerprint density at radius 2 is 1.95 bits per heavy atom. The SMILES string of the molecule is C=CCCOC(C)C(=O)Oc1ccc(C(C)=O)cc1. The molecule has 0 aliphatic carbocycles. The van der Waals surface area contributed by atoms with Gasteiger partial charge in [-0.3, -0.25) is 4.79 Å². The molecule has 1 atom stereocenters. The Balaban J connectivity index is 2.51. The standard InChI is InChI=1S/C15H18O4/c1-4-5-10-18-12(3)15(17)19-14-8-6-13(7-9-14)11(2)16/h4,6-9,12H,1,5,10H2,2-3H3. The quantitative estimate of drug-likeness (QED) is 0.249. The van der Waals surface area contributed by atoms with Crippen LogP contribution in [-0.2, 0) is 9.53 Å². The number of Topliss-reactive ketones (excluding diaryl/α,β-unsaturated/α-hetero) is 1. The van der Waals surface area contributed by atoms with Gasteiger partial charge in [-0.2, -0.15) is 0 Å². The summed E-state index contributed by atoms with van der Waals surface area (Å²) >= 11 is 0. The predicted octanol–water partition coefficient (Wildman–Crippen LogP) is 2.78. The molecule has 1 aromatic rings. The average Bonchev–Trinajstić information content (AvgIpc) is 2.39. The zero-order valence-electron chi connectivity index (χ0n) is 11.2. The molecule has 0 heterocycles. The van der Waals surface area contributed by atoms with Gasteiger partial charge in [0.1, 0.15) is 5.75 Å². The Hall–Kier alpha value is -1.94. The van der Waals surface area contributed by atoms with Crippen molar-refractivity contribution in [3.63, 3.8) is 0 Å². The van der Waals surface area contributed by atoms with Gasteiger partial charge in [0.2, 0.25) is 0 Å². The zero-order chi connectivity index (χ0) is 14.3. The second-order valence-corrected chi connectivity index (χ2v) is 4.09. The maximum Gasteiger partial charge on any atom is 0.340 e. The minimum atomic E-state index is -0.632. The Morgan fingerprint density at radius 3 is 2.47 bits per heavy atom. The van der Waals surface area contributed by atoms with Crippen LogP contribution in [0.1, 0.15) is 30.6 Å². The van der Waals surface area contributed by atoms with E-state index in [9.17, 15) is 9.59 Å². The summed E-state index contributed by atoms with van der Waals surface area (Å²) in [4.78, 5) is 22.8. The number of esters is 1. The van der Waals surface area contributed by atoms with Crippen LogP contribution < -0.4 is 4.74 Å². The first-order chi connectivity index (χ1) is 9.04. The Kier molecular flexibility index (Phi) is 5.96. The van der Waals surface area contributed by atoms with E-state index in [1.165, 1.54) is 6.92 Å². The van der Waals surface area contributed by atoms with Gasteiger partial charge in [-0.1, -0.05) is 6.08 Å². The van der Waals surface area contributed by atoms with Gasteiger partial charge >= 0.3 is 5.97 Å². The fourth-order valence-corrected chi connectivity index (χ4v) is 1.35. The molecule has 19 heavy (non-hydrogen) atoms. The van der Waals surface area contributed by atoms with E-state index in [-0.39, 0.29) is 5.78 Å². The van der Waals surface area contributed by atoms with Crippen LogP contribution >= 0.6 is 0 Å². The number of ether oxygens (including phenoxy) is 2. The van der Waals surface area contributed by atoms with E-state index in [1.54, 1.807) is 37.3 Å². The third-order valence-corrected chi connectivity index (χ3v) is 2.50. The molecule has 0 radical (unpaired) electrons. The summed E-state index contributed by atoms with van der Waals surface area (Å²) in [7, 11) is 0. The van der Waals surface area contributed by atoms with Crippen molar-refractivity contribution < 1.29 is 19.1 Å². The fraction of sp³-hybridized carbons (Fsp3) is 0.333. The number of carbonyl (C=O) groups excluding carboxylic acids is 2. The molecule has 0 bridgehead atoms. The van der Waals surface area contributed by atoms with E-state index in [0.717, 1.165) is 0 Å². The first kappa shape index (κ1) is 15.1. The molecule has 0 fully saturated rings. The number of benzene rings is 1. The molecular weight excluding hydrogens is 244 g/mol. The van der Waals surface area contributed by atoms with Gasteiger partial charge in [-0.05, 0) is 44.5 Å². The lowest BCUT2D eigenvalue weighted by Gasteiger charge is -2.11. The van der Waals surface area contributed by atoms with Gasteiger partial charge in [0, 0.05) is 5.56 Å². The third-order valence-electron chi connectivity index (χ3n) is 2.50. The number of rotatable bonds is 7. The molecule has 0 saturated heterocycles. The van der Waals surface area contributed by atoms with Gasteiger partial charge in [0.05, 0.1) is 6.61 Å². The maximum absolute atomic E-state index is 11.7. The van der Waals surface area contributed by atoms with Crippen LogP contribution in [0, 0.1) is 0 Å². The molecule has 0 spiro atoms. The Labute approximate surface area is 113 Å². The molecule has 4 heteroatoms. The van der Waals surface area contributed by atoms with Crippen molar-refractivity contribution in [2.45, 2.75) is 26.4 Å². The molecule has 1 rings (SSSR count). The third kappa shape index (κ3) is 5.06. The molecule has 4 nitrogen and oxygen atoms in total. The summed E-state index contributed by atoms with van der Waals surface area (Å²) < 4.78 is 10.4. The molecular formula is C15H18O4. The summed E-state index contributed by atoms with van der Waals surface area (Å²) in [5.41, 5.74) is 0.579. The van der Waals surface area contributed by atoms with E-state index in [2.05, 4.69) is 6.58 Å². The minimum Gasteiger partial charge on any atom is -0.425 e. The minimum absolute atomic E-state index is 0.0287. The molecule has 1 unspecified atom stereocenters. The smallest absolute Gasteiger partial charge is 0.340 e. The van der Waals surface area contributed by atoms with Gasteiger partial charge in [0.25, 0.3) is 0 Å². The molecule has 0 aliphatic rings. The number of hydrogen-bond acceptors (Lipinski definition) is 4. The molecule has 102 valence electrons. The number of hydrogen-bond donors (Lipinski definition) is 0. The lowest BCUT2D eigenvalue weighted by atomic mass is 10.1. The maximum atomic E-state index is 11.7. The monoisotopic (exact) mass is 262 g/mol. The lowest BCUT2D eigenvalue weighted by molar-refractivity contribution is -0.146. The van der Waals surface area contributed by atoms with E-state index in [4.69, 9.17) is 9.47 Å². The van der Waals surface area contributed by atoms with Crippen molar-refractivity contribution in [1.82, 2.24) is 0 Å². The van der Waals surface area contributed by atoms with Crippen LogP contribution in [0.25, 0.3) is 0 Å². The van der Waals surface area contributed by atoms with Crippen LogP contribution in [0.4, 0.5) is 0 Å². The van der Waals surface area contributed by atoms with Crippen molar-refractivity contribution >= 4 is 11.8 Å². The first-order valence-corrected chi connectivity index (χ1v) is 6.09. The highest BCUT2D eigenvalue weighted by Gasteiger charge is 2.15. The lowest BCUT2D eigenvalue weighted by Crippen LogP contribution is -2.26. The molecule has 0 N–H and O–H groups in total. The normalized spacial score (nSPS) is 11.7. The van der Waals surface area contributed by atoms with Crippen LogP contribution in [0.3, 0.4) is 0 Å². The van der Waals surface area contributed by atoms with Crippen molar-refractivity contribution in [2.24, 2.45) is 0 Å². The van der Waals surface area contributed by atoms with Gasteiger partial charge in [-0.25, -0.2) is 4.79 Å². The van der Waals surface area contributed by atoms with Crippen molar-refractivity contribution in [2.75, 3.05) is 6.61 Å².